The number of benzene rings is 2. The molecule has 2 aromatic carbocycles. The van der Waals surface area contributed by atoms with E-state index in [-0.39, 0.29) is 5.56 Å². The fourth-order valence-electron chi connectivity index (χ4n) is 1.99. The lowest BCUT2D eigenvalue weighted by Gasteiger charge is -2.19. The second-order valence-electron chi connectivity index (χ2n) is 4.69. The molecule has 0 aliphatic rings. The first-order valence-corrected chi connectivity index (χ1v) is 6.24. The van der Waals surface area contributed by atoms with Crippen molar-refractivity contribution in [3.63, 3.8) is 0 Å². The first-order valence-electron chi connectivity index (χ1n) is 6.24. The van der Waals surface area contributed by atoms with Crippen LogP contribution in [0.1, 0.15) is 21.5 Å². The van der Waals surface area contributed by atoms with Gasteiger partial charge < -0.3 is 4.90 Å². The van der Waals surface area contributed by atoms with Crippen molar-refractivity contribution in [2.75, 3.05) is 7.05 Å². The molecule has 0 unspecified atom stereocenters. The fraction of sp³-hybridized carbons (Fsp3) is 0.188. The molecular weight excluding hydrogens is 260 g/mol. The average molecular weight is 275 g/mol. The van der Waals surface area contributed by atoms with Crippen LogP contribution >= 0.6 is 0 Å². The van der Waals surface area contributed by atoms with Gasteiger partial charge in [-0.05, 0) is 30.2 Å². The van der Waals surface area contributed by atoms with Crippen LogP contribution < -0.4 is 0 Å². The first-order chi connectivity index (χ1) is 9.50. The number of nitrogens with zero attached hydrogens (tertiary/aromatic N) is 1. The molecule has 20 heavy (non-hydrogen) atoms. The zero-order chi connectivity index (χ0) is 14.7. The number of carbonyl (C=O) groups is 1. The van der Waals surface area contributed by atoms with Crippen molar-refractivity contribution in [1.29, 1.82) is 0 Å². The number of hydrogen-bond donors (Lipinski definition) is 0. The molecule has 0 aliphatic carbocycles. The van der Waals surface area contributed by atoms with Crippen LogP contribution in [0, 0.1) is 18.6 Å². The van der Waals surface area contributed by atoms with Gasteiger partial charge in [-0.1, -0.05) is 30.3 Å². The van der Waals surface area contributed by atoms with Crippen molar-refractivity contribution in [3.05, 3.63) is 70.8 Å². The van der Waals surface area contributed by atoms with E-state index in [9.17, 15) is 13.6 Å². The number of hydrogen-bond acceptors (Lipinski definition) is 1. The summed E-state index contributed by atoms with van der Waals surface area (Å²) >= 11 is 0. The monoisotopic (exact) mass is 275 g/mol. The highest BCUT2D eigenvalue weighted by atomic mass is 19.2. The molecule has 0 aromatic heterocycles. The second kappa shape index (κ2) is 5.82. The van der Waals surface area contributed by atoms with Crippen molar-refractivity contribution in [3.8, 4) is 0 Å². The molecule has 2 aromatic rings. The summed E-state index contributed by atoms with van der Waals surface area (Å²) in [5.74, 6) is -2.65. The molecule has 1 amide bonds. The van der Waals surface area contributed by atoms with Crippen LogP contribution in [-0.4, -0.2) is 17.9 Å². The predicted octanol–water partition coefficient (Wildman–Crippen LogP) is 3.55. The average Bonchev–Trinajstić information content (AvgIpc) is 2.43. The zero-order valence-electron chi connectivity index (χ0n) is 11.4. The van der Waals surface area contributed by atoms with E-state index in [2.05, 4.69) is 0 Å². The van der Waals surface area contributed by atoms with Gasteiger partial charge in [-0.25, -0.2) is 8.78 Å². The van der Waals surface area contributed by atoms with E-state index in [1.54, 1.807) is 7.05 Å². The van der Waals surface area contributed by atoms with Gasteiger partial charge in [-0.2, -0.15) is 0 Å². The largest absolute Gasteiger partial charge is 0.337 e. The van der Waals surface area contributed by atoms with E-state index < -0.39 is 17.5 Å². The maximum atomic E-state index is 13.6. The zero-order valence-corrected chi connectivity index (χ0v) is 11.4. The summed E-state index contributed by atoms with van der Waals surface area (Å²) in [5, 5.41) is 0. The Morgan fingerprint density at radius 3 is 2.50 bits per heavy atom. The molecular formula is C16H15F2NO. The minimum atomic E-state index is -1.10. The highest BCUT2D eigenvalue weighted by molar-refractivity contribution is 5.94. The maximum absolute atomic E-state index is 13.6. The summed E-state index contributed by atoms with van der Waals surface area (Å²) in [7, 11) is 1.57. The van der Waals surface area contributed by atoms with E-state index in [0.717, 1.165) is 17.2 Å². The Labute approximate surface area is 116 Å². The number of halogens is 2. The van der Waals surface area contributed by atoms with Crippen molar-refractivity contribution >= 4 is 5.91 Å². The van der Waals surface area contributed by atoms with Gasteiger partial charge >= 0.3 is 0 Å². The summed E-state index contributed by atoms with van der Waals surface area (Å²) < 4.78 is 26.8. The van der Waals surface area contributed by atoms with E-state index in [0.29, 0.717) is 6.54 Å². The summed E-state index contributed by atoms with van der Waals surface area (Å²) in [6.07, 6.45) is 0. The Balaban J connectivity index is 2.21. The molecule has 0 saturated heterocycles. The van der Waals surface area contributed by atoms with Crippen LogP contribution in [0.2, 0.25) is 0 Å². The molecule has 0 saturated carbocycles. The summed E-state index contributed by atoms with van der Waals surface area (Å²) in [6, 6.07) is 11.2. The van der Waals surface area contributed by atoms with Crippen molar-refractivity contribution in [2.45, 2.75) is 13.5 Å². The third kappa shape index (κ3) is 2.85. The lowest BCUT2D eigenvalue weighted by atomic mass is 10.1. The van der Waals surface area contributed by atoms with Crippen molar-refractivity contribution in [2.24, 2.45) is 0 Å². The Morgan fingerprint density at radius 1 is 1.10 bits per heavy atom. The number of amides is 1. The van der Waals surface area contributed by atoms with E-state index in [4.69, 9.17) is 0 Å². The predicted molar refractivity (Wildman–Crippen MR) is 73.3 cm³/mol. The van der Waals surface area contributed by atoms with Crippen molar-refractivity contribution < 1.29 is 13.6 Å². The summed E-state index contributed by atoms with van der Waals surface area (Å²) in [6.45, 7) is 2.29. The molecule has 2 rings (SSSR count). The van der Waals surface area contributed by atoms with E-state index >= 15 is 0 Å². The van der Waals surface area contributed by atoms with Gasteiger partial charge in [-0.15, -0.1) is 0 Å². The number of aryl methyl sites for hydroxylation is 1. The highest BCUT2D eigenvalue weighted by Crippen LogP contribution is 2.16. The van der Waals surface area contributed by atoms with Crippen LogP contribution in [0.5, 0.6) is 0 Å². The van der Waals surface area contributed by atoms with Gasteiger partial charge in [0.25, 0.3) is 5.91 Å². The molecule has 0 bridgehead atoms. The Kier molecular flexibility index (Phi) is 4.13. The second-order valence-corrected chi connectivity index (χ2v) is 4.69. The fourth-order valence-corrected chi connectivity index (χ4v) is 1.99. The Morgan fingerprint density at radius 2 is 1.80 bits per heavy atom. The molecule has 0 radical (unpaired) electrons. The minimum Gasteiger partial charge on any atom is -0.337 e. The molecule has 0 heterocycles. The molecule has 0 fully saturated rings. The normalized spacial score (nSPS) is 10.4. The van der Waals surface area contributed by atoms with E-state index in [1.165, 1.54) is 17.0 Å². The minimum absolute atomic E-state index is 0.249. The van der Waals surface area contributed by atoms with Crippen LogP contribution in [0.25, 0.3) is 0 Å². The topological polar surface area (TPSA) is 20.3 Å². The van der Waals surface area contributed by atoms with E-state index in [1.807, 2.05) is 31.2 Å². The van der Waals surface area contributed by atoms with Gasteiger partial charge in [0.2, 0.25) is 0 Å². The van der Waals surface area contributed by atoms with Crippen LogP contribution in [-0.2, 0) is 6.54 Å². The van der Waals surface area contributed by atoms with Gasteiger partial charge in [-0.3, -0.25) is 4.79 Å². The molecule has 0 atom stereocenters. The van der Waals surface area contributed by atoms with Crippen LogP contribution in [0.3, 0.4) is 0 Å². The van der Waals surface area contributed by atoms with Crippen LogP contribution in [0.4, 0.5) is 8.78 Å². The first kappa shape index (κ1) is 14.2. The lowest BCUT2D eigenvalue weighted by Crippen LogP contribution is -2.27. The molecule has 0 aliphatic heterocycles. The molecule has 4 heteroatoms. The van der Waals surface area contributed by atoms with Gasteiger partial charge in [0.05, 0.1) is 5.56 Å². The number of carbonyl (C=O) groups excluding carboxylic acids is 1. The molecule has 0 N–H and O–H groups in total. The Bertz CT molecular complexity index is 640. The third-order valence-corrected chi connectivity index (χ3v) is 3.20. The number of rotatable bonds is 3. The van der Waals surface area contributed by atoms with Gasteiger partial charge in [0.15, 0.2) is 11.6 Å². The SMILES string of the molecule is Cc1ccccc1CN(C)C(=O)c1cccc(F)c1F. The van der Waals surface area contributed by atoms with Gasteiger partial charge in [0, 0.05) is 13.6 Å². The maximum Gasteiger partial charge on any atom is 0.256 e. The molecule has 0 spiro atoms. The molecule has 2 nitrogen and oxygen atoms in total. The smallest absolute Gasteiger partial charge is 0.256 e. The quantitative estimate of drug-likeness (QED) is 0.839. The summed E-state index contributed by atoms with van der Waals surface area (Å²) in [4.78, 5) is 13.5. The Hall–Kier alpha value is -2.23. The molecule has 104 valence electrons. The summed E-state index contributed by atoms with van der Waals surface area (Å²) in [5.41, 5.74) is 1.77. The standard InChI is InChI=1S/C16H15F2NO/c1-11-6-3-4-7-12(11)10-19(2)16(20)13-8-5-9-14(17)15(13)18/h3-9H,10H2,1-2H3. The van der Waals surface area contributed by atoms with Crippen LogP contribution in [0.15, 0.2) is 42.5 Å². The lowest BCUT2D eigenvalue weighted by molar-refractivity contribution is 0.0779. The van der Waals surface area contributed by atoms with Crippen molar-refractivity contribution in [1.82, 2.24) is 4.90 Å². The van der Waals surface area contributed by atoms with Gasteiger partial charge in [0.1, 0.15) is 0 Å². The highest BCUT2D eigenvalue weighted by Gasteiger charge is 2.19. The third-order valence-electron chi connectivity index (χ3n) is 3.20.